The number of halogens is 2. The van der Waals surface area contributed by atoms with E-state index in [2.05, 4.69) is 0 Å². The number of carbonyl (C=O) groups excluding carboxylic acids is 2. The van der Waals surface area contributed by atoms with Gasteiger partial charge in [0.25, 0.3) is 0 Å². The van der Waals surface area contributed by atoms with Gasteiger partial charge in [0.05, 0.1) is 32.5 Å². The fourth-order valence-electron chi connectivity index (χ4n) is 3.38. The van der Waals surface area contributed by atoms with Crippen molar-refractivity contribution in [3.63, 3.8) is 0 Å². The van der Waals surface area contributed by atoms with Crippen molar-refractivity contribution in [2.45, 2.75) is 0 Å². The van der Waals surface area contributed by atoms with Gasteiger partial charge >= 0.3 is 5.97 Å². The van der Waals surface area contributed by atoms with Gasteiger partial charge in [-0.25, -0.2) is 4.79 Å². The smallest absolute Gasteiger partial charge is 0.343 e. The molecule has 0 aliphatic carbocycles. The molecule has 0 saturated heterocycles. The number of hydrogen-bond donors (Lipinski definition) is 0. The summed E-state index contributed by atoms with van der Waals surface area (Å²) in [4.78, 5) is 25.5. The lowest BCUT2D eigenvalue weighted by molar-refractivity contribution is 0.0733. The zero-order valence-corrected chi connectivity index (χ0v) is 19.8. The highest BCUT2D eigenvalue weighted by atomic mass is 35.5. The molecular weight excluding hydrogens is 483 g/mol. The average Bonchev–Trinajstić information content (AvgIpc) is 3.14. The predicted molar refractivity (Wildman–Crippen MR) is 127 cm³/mol. The van der Waals surface area contributed by atoms with Crippen molar-refractivity contribution < 1.29 is 33.3 Å². The van der Waals surface area contributed by atoms with E-state index in [4.69, 9.17) is 46.9 Å². The number of methoxy groups -OCH3 is 3. The summed E-state index contributed by atoms with van der Waals surface area (Å²) in [5.41, 5.74) is 0.971. The molecule has 0 radical (unpaired) electrons. The van der Waals surface area contributed by atoms with Gasteiger partial charge in [0.2, 0.25) is 11.5 Å². The van der Waals surface area contributed by atoms with Crippen LogP contribution in [0.1, 0.15) is 26.3 Å². The zero-order valence-electron chi connectivity index (χ0n) is 18.3. The van der Waals surface area contributed by atoms with E-state index < -0.39 is 5.97 Å². The number of fused-ring (bicyclic) bond motifs is 1. The Morgan fingerprint density at radius 2 is 1.56 bits per heavy atom. The first-order valence-electron chi connectivity index (χ1n) is 9.90. The lowest BCUT2D eigenvalue weighted by Crippen LogP contribution is -2.09. The van der Waals surface area contributed by atoms with Crippen LogP contribution in [0, 0.1) is 0 Å². The van der Waals surface area contributed by atoms with Crippen LogP contribution >= 0.6 is 23.2 Å². The van der Waals surface area contributed by atoms with Gasteiger partial charge in [-0.05, 0) is 42.5 Å². The Kier molecular flexibility index (Phi) is 6.68. The van der Waals surface area contributed by atoms with Crippen LogP contribution in [-0.2, 0) is 0 Å². The van der Waals surface area contributed by atoms with Crippen molar-refractivity contribution >= 4 is 41.0 Å². The number of rotatable bonds is 6. The summed E-state index contributed by atoms with van der Waals surface area (Å²) in [6.07, 6.45) is 1.48. The van der Waals surface area contributed by atoms with E-state index in [1.54, 1.807) is 18.2 Å². The van der Waals surface area contributed by atoms with Gasteiger partial charge in [-0.3, -0.25) is 4.79 Å². The van der Waals surface area contributed by atoms with Crippen LogP contribution in [0.15, 0.2) is 54.3 Å². The molecule has 174 valence electrons. The largest absolute Gasteiger partial charge is 0.493 e. The second kappa shape index (κ2) is 9.67. The van der Waals surface area contributed by atoms with Gasteiger partial charge in [-0.15, -0.1) is 0 Å². The Bertz CT molecular complexity index is 1290. The Morgan fingerprint density at radius 3 is 2.15 bits per heavy atom. The van der Waals surface area contributed by atoms with Gasteiger partial charge in [-0.2, -0.15) is 0 Å². The molecule has 3 aromatic rings. The van der Waals surface area contributed by atoms with E-state index >= 15 is 0 Å². The minimum atomic E-state index is -0.665. The number of ether oxygens (including phenoxy) is 5. The molecule has 0 atom stereocenters. The first-order chi connectivity index (χ1) is 16.4. The zero-order chi connectivity index (χ0) is 24.4. The quantitative estimate of drug-likeness (QED) is 0.238. The number of hydrogen-bond acceptors (Lipinski definition) is 7. The minimum Gasteiger partial charge on any atom is -0.493 e. The number of Topliss-reactive ketones (excluding diaryl/α,β-unsaturated/α-hetero) is 1. The molecule has 0 bridgehead atoms. The highest BCUT2D eigenvalue weighted by Gasteiger charge is 2.29. The monoisotopic (exact) mass is 500 g/mol. The molecular formula is C25H18Cl2O7. The minimum absolute atomic E-state index is 0.0538. The van der Waals surface area contributed by atoms with E-state index in [1.165, 1.54) is 57.7 Å². The van der Waals surface area contributed by atoms with Gasteiger partial charge in [0.15, 0.2) is 17.3 Å². The lowest BCUT2D eigenvalue weighted by atomic mass is 10.1. The third kappa shape index (κ3) is 4.40. The Balaban J connectivity index is 1.59. The Hall–Kier alpha value is -3.68. The summed E-state index contributed by atoms with van der Waals surface area (Å²) in [7, 11) is 4.36. The molecule has 34 heavy (non-hydrogen) atoms. The Labute approximate surface area is 205 Å². The van der Waals surface area contributed by atoms with E-state index in [-0.39, 0.29) is 28.6 Å². The topological polar surface area (TPSA) is 80.3 Å². The van der Waals surface area contributed by atoms with Crippen LogP contribution < -0.4 is 23.7 Å². The lowest BCUT2D eigenvalue weighted by Gasteiger charge is -2.13. The molecule has 7 nitrogen and oxygen atoms in total. The molecule has 0 saturated carbocycles. The molecule has 9 heteroatoms. The van der Waals surface area contributed by atoms with Gasteiger partial charge in [-0.1, -0.05) is 29.3 Å². The summed E-state index contributed by atoms with van der Waals surface area (Å²) in [6, 6.07) is 12.5. The molecule has 1 aliphatic rings. The van der Waals surface area contributed by atoms with Crippen LogP contribution in [0.3, 0.4) is 0 Å². The summed E-state index contributed by atoms with van der Waals surface area (Å²) < 4.78 is 27.0. The van der Waals surface area contributed by atoms with Crippen LogP contribution in [0.2, 0.25) is 10.0 Å². The normalized spacial score (nSPS) is 13.3. The maximum Gasteiger partial charge on any atom is 0.343 e. The van der Waals surface area contributed by atoms with Crippen LogP contribution in [-0.4, -0.2) is 33.1 Å². The first-order valence-corrected chi connectivity index (χ1v) is 10.7. The van der Waals surface area contributed by atoms with Crippen molar-refractivity contribution in [2.24, 2.45) is 0 Å². The molecule has 0 N–H and O–H groups in total. The maximum atomic E-state index is 12.8. The molecule has 0 unspecified atom stereocenters. The van der Waals surface area contributed by atoms with Crippen LogP contribution in [0.5, 0.6) is 28.7 Å². The number of benzene rings is 3. The van der Waals surface area contributed by atoms with Gasteiger partial charge in [0.1, 0.15) is 11.5 Å². The van der Waals surface area contributed by atoms with Crippen molar-refractivity contribution in [1.29, 1.82) is 0 Å². The standard InChI is InChI=1S/C25H18Cl2O7/c1-30-21-9-13(10-22(31-2)24(21)32-3)25(29)33-14-7-8-15-19(11-14)34-20(23(15)28)12-16-17(26)5-4-6-18(16)27/h4-12H,1-3H3/b20-12-. The molecule has 3 aromatic carbocycles. The first kappa shape index (κ1) is 23.5. The third-order valence-corrected chi connectivity index (χ3v) is 5.69. The predicted octanol–water partition coefficient (Wildman–Crippen LogP) is 5.85. The van der Waals surface area contributed by atoms with E-state index in [0.717, 1.165) is 0 Å². The molecule has 0 fully saturated rings. The van der Waals surface area contributed by atoms with E-state index in [1.807, 2.05) is 0 Å². The maximum absolute atomic E-state index is 12.8. The summed E-state index contributed by atoms with van der Waals surface area (Å²) in [6.45, 7) is 0. The van der Waals surface area contributed by atoms with Gasteiger partial charge < -0.3 is 23.7 Å². The van der Waals surface area contributed by atoms with Crippen molar-refractivity contribution in [3.05, 3.63) is 81.0 Å². The highest BCUT2D eigenvalue weighted by Crippen LogP contribution is 2.39. The fourth-order valence-corrected chi connectivity index (χ4v) is 3.88. The molecule has 0 amide bonds. The second-order valence-corrected chi connectivity index (χ2v) is 7.85. The summed E-state index contributed by atoms with van der Waals surface area (Å²) in [5.74, 6) is 0.448. The molecule has 1 heterocycles. The second-order valence-electron chi connectivity index (χ2n) is 7.04. The summed E-state index contributed by atoms with van der Waals surface area (Å²) in [5, 5.41) is 0.764. The van der Waals surface area contributed by atoms with Crippen molar-refractivity contribution in [2.75, 3.05) is 21.3 Å². The van der Waals surface area contributed by atoms with E-state index in [9.17, 15) is 9.59 Å². The van der Waals surface area contributed by atoms with Crippen LogP contribution in [0.25, 0.3) is 6.08 Å². The molecule has 4 rings (SSSR count). The number of carbonyl (C=O) groups is 2. The fraction of sp³-hybridized carbons (Fsp3) is 0.120. The van der Waals surface area contributed by atoms with Gasteiger partial charge in [0, 0.05) is 21.7 Å². The molecule has 1 aliphatic heterocycles. The van der Waals surface area contributed by atoms with Crippen LogP contribution in [0.4, 0.5) is 0 Å². The number of ketones is 1. The Morgan fingerprint density at radius 1 is 0.912 bits per heavy atom. The third-order valence-electron chi connectivity index (χ3n) is 5.03. The molecule has 0 aromatic heterocycles. The van der Waals surface area contributed by atoms with E-state index in [0.29, 0.717) is 38.4 Å². The van der Waals surface area contributed by atoms with Crippen molar-refractivity contribution in [3.8, 4) is 28.7 Å². The molecule has 0 spiro atoms. The van der Waals surface area contributed by atoms with Crippen molar-refractivity contribution in [1.82, 2.24) is 0 Å². The average molecular weight is 501 g/mol. The number of allylic oxidation sites excluding steroid dienone is 1. The highest BCUT2D eigenvalue weighted by molar-refractivity contribution is 6.37. The SMILES string of the molecule is COc1cc(C(=O)Oc2ccc3c(c2)O/C(=C\c2c(Cl)cccc2Cl)C3=O)cc(OC)c1OC. The summed E-state index contributed by atoms with van der Waals surface area (Å²) >= 11 is 12.4. The number of esters is 1.